The fourth-order valence-corrected chi connectivity index (χ4v) is 5.19. The monoisotopic (exact) mass is 580 g/mol. The normalized spacial score (nSPS) is 14.9. The van der Waals surface area contributed by atoms with Crippen LogP contribution in [-0.4, -0.2) is 37.2 Å². The second-order valence-electron chi connectivity index (χ2n) is 12.0. The minimum Gasteiger partial charge on any atom is -0.492 e. The molecule has 0 bridgehead atoms. The molecule has 220 valence electrons. The summed E-state index contributed by atoms with van der Waals surface area (Å²) >= 11 is 0. The van der Waals surface area contributed by atoms with E-state index < -0.39 is 10.0 Å². The minimum atomic E-state index is -3.59. The molecule has 1 aliphatic rings. The van der Waals surface area contributed by atoms with E-state index >= 15 is 0 Å². The maximum absolute atomic E-state index is 13.4. The average Bonchev–Trinajstić information content (AvgIpc) is 3.48. The third-order valence-corrected chi connectivity index (χ3v) is 8.00. The van der Waals surface area contributed by atoms with Gasteiger partial charge < -0.3 is 25.7 Å². The Balaban J connectivity index is 1.61. The van der Waals surface area contributed by atoms with Crippen molar-refractivity contribution in [3.63, 3.8) is 0 Å². The number of hydrogen-bond donors (Lipinski definition) is 4. The van der Waals surface area contributed by atoms with E-state index in [4.69, 9.17) is 10.5 Å². The predicted octanol–water partition coefficient (Wildman–Crippen LogP) is 5.08. The van der Waals surface area contributed by atoms with Crippen LogP contribution in [0.25, 0.3) is 5.70 Å². The number of carbonyl (C=O) groups excluding carboxylic acids is 1. The van der Waals surface area contributed by atoms with Crippen LogP contribution in [0.15, 0.2) is 42.7 Å². The van der Waals surface area contributed by atoms with Gasteiger partial charge in [0.25, 0.3) is 5.91 Å². The molecule has 0 radical (unpaired) electrons. The molecule has 1 heterocycles. The lowest BCUT2D eigenvalue weighted by Gasteiger charge is -2.24. The van der Waals surface area contributed by atoms with E-state index in [0.717, 1.165) is 41.7 Å². The lowest BCUT2D eigenvalue weighted by atomic mass is 9.86. The number of aryl methyl sites for hydroxylation is 1. The highest BCUT2D eigenvalue weighted by molar-refractivity contribution is 7.92. The summed E-state index contributed by atoms with van der Waals surface area (Å²) in [6, 6.07) is 8.82. The first-order valence-electron chi connectivity index (χ1n) is 13.4. The second-order valence-corrected chi connectivity index (χ2v) is 13.8. The predicted molar refractivity (Wildman–Crippen MR) is 165 cm³/mol. The van der Waals surface area contributed by atoms with Gasteiger partial charge in [0.05, 0.1) is 42.3 Å². The first-order chi connectivity index (χ1) is 19.0. The molecule has 1 amide bonds. The highest BCUT2D eigenvalue weighted by Crippen LogP contribution is 2.47. The van der Waals surface area contributed by atoms with E-state index in [1.807, 2.05) is 45.4 Å². The molecule has 1 aromatic heterocycles. The molecular weight excluding hydrogens is 540 g/mol. The van der Waals surface area contributed by atoms with Gasteiger partial charge in [-0.3, -0.25) is 9.52 Å². The van der Waals surface area contributed by atoms with Gasteiger partial charge >= 0.3 is 0 Å². The van der Waals surface area contributed by atoms with Crippen molar-refractivity contribution < 1.29 is 17.9 Å². The third kappa shape index (κ3) is 6.67. The van der Waals surface area contributed by atoms with Crippen molar-refractivity contribution in [3.05, 3.63) is 70.9 Å². The number of imidazole rings is 1. The number of rotatable bonds is 9. The Hall–Kier alpha value is -3.99. The van der Waals surface area contributed by atoms with Crippen molar-refractivity contribution in [2.24, 2.45) is 12.8 Å². The zero-order valence-electron chi connectivity index (χ0n) is 25.0. The molecule has 11 heteroatoms. The van der Waals surface area contributed by atoms with Crippen molar-refractivity contribution in [2.75, 3.05) is 28.7 Å². The van der Waals surface area contributed by atoms with Crippen molar-refractivity contribution in [1.29, 1.82) is 0 Å². The number of nitrogens with two attached hydrogens (primary N) is 1. The molecule has 1 aliphatic carbocycles. The van der Waals surface area contributed by atoms with Crippen LogP contribution >= 0.6 is 0 Å². The van der Waals surface area contributed by atoms with Crippen LogP contribution in [0.5, 0.6) is 5.75 Å². The van der Waals surface area contributed by atoms with Gasteiger partial charge in [0, 0.05) is 29.9 Å². The average molecular weight is 581 g/mol. The Kier molecular flexibility index (Phi) is 7.88. The lowest BCUT2D eigenvalue weighted by Crippen LogP contribution is -2.18. The minimum absolute atomic E-state index is 0.121. The number of hydrogen-bond acceptors (Lipinski definition) is 7. The van der Waals surface area contributed by atoms with E-state index in [2.05, 4.69) is 27.3 Å². The number of aromatic nitrogens is 2. The van der Waals surface area contributed by atoms with Gasteiger partial charge in [-0.1, -0.05) is 33.8 Å². The third-order valence-electron chi connectivity index (χ3n) is 7.41. The highest BCUT2D eigenvalue weighted by Gasteiger charge is 2.43. The molecule has 3 aromatic rings. The number of benzene rings is 2. The number of amides is 1. The number of sulfonamides is 1. The lowest BCUT2D eigenvalue weighted by molar-refractivity contribution is 0.102. The van der Waals surface area contributed by atoms with Crippen LogP contribution < -0.4 is 25.8 Å². The van der Waals surface area contributed by atoms with E-state index in [1.165, 1.54) is 7.11 Å². The SMILES string of the molecule is COc1c(NC(=O)c2ccc(C)c(N/C=C(\N)c3cnc(C4(C)CC4)n3C)c2)cc(C(C)(C)C)cc1NS(C)(=O)=O. The van der Waals surface area contributed by atoms with Crippen LogP contribution in [0.1, 0.15) is 73.5 Å². The summed E-state index contributed by atoms with van der Waals surface area (Å²) in [4.78, 5) is 18.0. The van der Waals surface area contributed by atoms with Gasteiger partial charge in [0.15, 0.2) is 5.75 Å². The summed E-state index contributed by atoms with van der Waals surface area (Å²) < 4.78 is 34.1. The van der Waals surface area contributed by atoms with Gasteiger partial charge in [-0.15, -0.1) is 0 Å². The zero-order chi connectivity index (χ0) is 30.3. The topological polar surface area (TPSA) is 140 Å². The van der Waals surface area contributed by atoms with Crippen molar-refractivity contribution in [3.8, 4) is 5.75 Å². The van der Waals surface area contributed by atoms with Crippen LogP contribution in [0.3, 0.4) is 0 Å². The highest BCUT2D eigenvalue weighted by atomic mass is 32.2. The molecule has 0 atom stereocenters. The van der Waals surface area contributed by atoms with Crippen molar-refractivity contribution >= 4 is 38.7 Å². The number of anilines is 3. The number of nitrogens with one attached hydrogen (secondary N) is 3. The molecule has 0 unspecified atom stereocenters. The molecule has 4 rings (SSSR count). The van der Waals surface area contributed by atoms with E-state index in [1.54, 1.807) is 36.7 Å². The second kappa shape index (κ2) is 10.8. The maximum Gasteiger partial charge on any atom is 0.255 e. The Bertz CT molecular complexity index is 1630. The molecule has 1 fully saturated rings. The molecule has 5 N–H and O–H groups in total. The van der Waals surface area contributed by atoms with Crippen molar-refractivity contribution in [1.82, 2.24) is 9.55 Å². The summed E-state index contributed by atoms with van der Waals surface area (Å²) in [6.45, 7) is 10.1. The molecule has 0 spiro atoms. The first kappa shape index (κ1) is 30.0. The summed E-state index contributed by atoms with van der Waals surface area (Å²) in [6.07, 6.45) is 6.80. The zero-order valence-corrected chi connectivity index (χ0v) is 25.8. The summed E-state index contributed by atoms with van der Waals surface area (Å²) in [5.41, 5.74) is 11.0. The van der Waals surface area contributed by atoms with Gasteiger partial charge in [0.1, 0.15) is 5.82 Å². The quantitative estimate of drug-likeness (QED) is 0.277. The number of nitrogens with zero attached hydrogens (tertiary/aromatic N) is 2. The molecule has 41 heavy (non-hydrogen) atoms. The van der Waals surface area contributed by atoms with Gasteiger partial charge in [-0.05, 0) is 60.6 Å². The maximum atomic E-state index is 13.4. The molecule has 1 saturated carbocycles. The Morgan fingerprint density at radius 3 is 2.39 bits per heavy atom. The fraction of sp³-hybridized carbons (Fsp3) is 0.400. The number of ether oxygens (including phenoxy) is 1. The summed E-state index contributed by atoms with van der Waals surface area (Å²) in [5.74, 6) is 0.863. The van der Waals surface area contributed by atoms with Crippen molar-refractivity contribution in [2.45, 2.75) is 58.3 Å². The number of methoxy groups -OCH3 is 1. The van der Waals surface area contributed by atoms with E-state index in [0.29, 0.717) is 22.6 Å². The Labute approximate surface area is 242 Å². The Morgan fingerprint density at radius 2 is 1.80 bits per heavy atom. The summed E-state index contributed by atoms with van der Waals surface area (Å²) in [5, 5.41) is 6.14. The van der Waals surface area contributed by atoms with Gasteiger partial charge in [-0.2, -0.15) is 0 Å². The summed E-state index contributed by atoms with van der Waals surface area (Å²) in [7, 11) is -0.194. The van der Waals surface area contributed by atoms with Crippen LogP contribution in [0.4, 0.5) is 17.1 Å². The van der Waals surface area contributed by atoms with E-state index in [9.17, 15) is 13.2 Å². The number of carbonyl (C=O) groups is 1. The van der Waals surface area contributed by atoms with Gasteiger partial charge in [0.2, 0.25) is 10.0 Å². The fourth-order valence-electron chi connectivity index (χ4n) is 4.64. The molecular formula is C30H40N6O4S. The van der Waals surface area contributed by atoms with Crippen LogP contribution in [0.2, 0.25) is 0 Å². The largest absolute Gasteiger partial charge is 0.492 e. The molecule has 0 aliphatic heterocycles. The van der Waals surface area contributed by atoms with Crippen LogP contribution in [-0.2, 0) is 27.9 Å². The Morgan fingerprint density at radius 1 is 1.15 bits per heavy atom. The van der Waals surface area contributed by atoms with Crippen LogP contribution in [0, 0.1) is 6.92 Å². The molecule has 10 nitrogen and oxygen atoms in total. The standard InChI is InChI=1S/C30H40N6O4S/c1-18-9-10-19(13-22(18)32-16-21(31)25-17-33-28(36(25)6)30(5)11-12-30)27(37)34-23-14-20(29(2,3)4)15-24(26(23)40-7)35-41(8,38)39/h9-10,13-17,32,35H,11-12,31H2,1-8H3,(H,34,37)/b21-16-. The smallest absolute Gasteiger partial charge is 0.255 e. The first-order valence-corrected chi connectivity index (χ1v) is 15.3. The molecule has 0 saturated heterocycles. The van der Waals surface area contributed by atoms with E-state index in [-0.39, 0.29) is 28.2 Å². The van der Waals surface area contributed by atoms with Gasteiger partial charge in [-0.25, -0.2) is 13.4 Å². The molecule has 2 aromatic carbocycles.